The molecule has 29 heavy (non-hydrogen) atoms. The second-order valence-electron chi connectivity index (χ2n) is 6.99. The van der Waals surface area contributed by atoms with Crippen molar-refractivity contribution in [3.63, 3.8) is 0 Å². The van der Waals surface area contributed by atoms with E-state index >= 15 is 0 Å². The van der Waals surface area contributed by atoms with Crippen LogP contribution < -0.4 is 0 Å². The molecular formula is C20H28O9. The number of hydrogen-bond acceptors (Lipinski definition) is 9. The van der Waals surface area contributed by atoms with E-state index in [1.54, 1.807) is 6.92 Å². The first-order valence-electron chi connectivity index (χ1n) is 9.24. The molecule has 1 rings (SSSR count). The second-order valence-corrected chi connectivity index (χ2v) is 6.99. The van der Waals surface area contributed by atoms with E-state index in [1.165, 1.54) is 25.1 Å². The van der Waals surface area contributed by atoms with Crippen LogP contribution in [-0.4, -0.2) is 59.7 Å². The number of esters is 3. The van der Waals surface area contributed by atoms with Crippen molar-refractivity contribution in [3.05, 3.63) is 23.8 Å². The first kappa shape index (κ1) is 24.2. The minimum absolute atomic E-state index is 0.137. The number of carbonyl (C=O) groups excluding carboxylic acids is 3. The van der Waals surface area contributed by atoms with Crippen molar-refractivity contribution in [2.45, 2.75) is 33.6 Å². The number of aliphatic hydroxyl groups excluding tert-OH is 1. The number of ether oxygens (including phenoxy) is 3. The highest BCUT2D eigenvalue weighted by Gasteiger charge is 2.36. The Labute approximate surface area is 169 Å². The Balaban J connectivity index is 2.40. The lowest BCUT2D eigenvalue weighted by molar-refractivity contribution is -0.169. The van der Waals surface area contributed by atoms with Gasteiger partial charge in [-0.15, -0.1) is 0 Å². The van der Waals surface area contributed by atoms with Crippen molar-refractivity contribution in [2.75, 3.05) is 26.4 Å². The molecule has 0 radical (unpaired) electrons. The molecule has 0 fully saturated rings. The minimum Gasteiger partial charge on any atom is -0.504 e. The Kier molecular flexibility index (Phi) is 9.40. The van der Waals surface area contributed by atoms with Crippen LogP contribution in [0.3, 0.4) is 0 Å². The van der Waals surface area contributed by atoms with Gasteiger partial charge in [-0.3, -0.25) is 14.4 Å². The van der Waals surface area contributed by atoms with Gasteiger partial charge in [-0.05, 0) is 31.0 Å². The van der Waals surface area contributed by atoms with Gasteiger partial charge in [0.2, 0.25) is 0 Å². The maximum Gasteiger partial charge on any atom is 0.317 e. The van der Waals surface area contributed by atoms with E-state index in [0.717, 1.165) is 0 Å². The predicted molar refractivity (Wildman–Crippen MR) is 101 cm³/mol. The van der Waals surface area contributed by atoms with E-state index in [1.807, 2.05) is 6.92 Å². The summed E-state index contributed by atoms with van der Waals surface area (Å²) in [6.07, 6.45) is 0.454. The molecule has 0 aromatic heterocycles. The Morgan fingerprint density at radius 3 is 2.31 bits per heavy atom. The van der Waals surface area contributed by atoms with Crippen LogP contribution in [0, 0.1) is 11.3 Å². The maximum absolute atomic E-state index is 12.2. The molecule has 0 saturated heterocycles. The van der Waals surface area contributed by atoms with Gasteiger partial charge in [-0.2, -0.15) is 0 Å². The van der Waals surface area contributed by atoms with E-state index in [-0.39, 0.29) is 43.7 Å². The van der Waals surface area contributed by atoms with Gasteiger partial charge >= 0.3 is 17.9 Å². The third kappa shape index (κ3) is 7.61. The number of rotatable bonds is 11. The van der Waals surface area contributed by atoms with E-state index in [9.17, 15) is 29.7 Å². The van der Waals surface area contributed by atoms with Gasteiger partial charge in [-0.1, -0.05) is 19.9 Å². The molecule has 9 nitrogen and oxygen atoms in total. The molecule has 0 heterocycles. The van der Waals surface area contributed by atoms with Crippen molar-refractivity contribution in [2.24, 2.45) is 11.3 Å². The molecule has 0 bridgehead atoms. The molecule has 0 aliphatic carbocycles. The highest BCUT2D eigenvalue weighted by molar-refractivity contribution is 5.78. The topological polar surface area (TPSA) is 140 Å². The lowest BCUT2D eigenvalue weighted by Crippen LogP contribution is -2.39. The highest BCUT2D eigenvalue weighted by atomic mass is 16.6. The summed E-state index contributed by atoms with van der Waals surface area (Å²) in [5.41, 5.74) is -0.977. The number of hydrogen-bond donors (Lipinski definition) is 3. The molecule has 9 heteroatoms. The van der Waals surface area contributed by atoms with E-state index in [0.29, 0.717) is 12.0 Å². The van der Waals surface area contributed by atoms with Crippen molar-refractivity contribution < 1.29 is 43.9 Å². The molecule has 2 unspecified atom stereocenters. The molecule has 0 aliphatic heterocycles. The molecule has 3 N–H and O–H groups in total. The zero-order chi connectivity index (χ0) is 22.0. The molecule has 0 spiro atoms. The Bertz CT molecular complexity index is 716. The van der Waals surface area contributed by atoms with Crippen LogP contribution in [0.15, 0.2) is 18.2 Å². The van der Waals surface area contributed by atoms with Crippen LogP contribution in [0.1, 0.15) is 32.8 Å². The lowest BCUT2D eigenvalue weighted by atomic mass is 9.93. The zero-order valence-corrected chi connectivity index (χ0v) is 16.8. The normalized spacial score (nSPS) is 13.8. The van der Waals surface area contributed by atoms with Crippen LogP contribution >= 0.6 is 0 Å². The van der Waals surface area contributed by atoms with E-state index in [4.69, 9.17) is 14.2 Å². The van der Waals surface area contributed by atoms with Crippen molar-refractivity contribution in [1.82, 2.24) is 0 Å². The summed E-state index contributed by atoms with van der Waals surface area (Å²) in [6.45, 7) is 3.59. The number of phenols is 2. The fourth-order valence-electron chi connectivity index (χ4n) is 2.07. The third-order valence-electron chi connectivity index (χ3n) is 4.36. The maximum atomic E-state index is 12.2. The molecule has 0 amide bonds. The van der Waals surface area contributed by atoms with Gasteiger partial charge in [0.15, 0.2) is 11.5 Å². The smallest absolute Gasteiger partial charge is 0.317 e. The average molecular weight is 412 g/mol. The number of aromatic hydroxyl groups is 2. The fraction of sp³-hybridized carbons (Fsp3) is 0.550. The molecule has 1 aromatic rings. The third-order valence-corrected chi connectivity index (χ3v) is 4.36. The Morgan fingerprint density at radius 1 is 1.07 bits per heavy atom. The van der Waals surface area contributed by atoms with Gasteiger partial charge in [0.05, 0.1) is 18.9 Å². The summed E-state index contributed by atoms with van der Waals surface area (Å²) in [7, 11) is 0. The Morgan fingerprint density at radius 2 is 1.72 bits per heavy atom. The van der Waals surface area contributed by atoms with Crippen molar-refractivity contribution >= 4 is 17.9 Å². The molecular weight excluding hydrogens is 384 g/mol. The van der Waals surface area contributed by atoms with Gasteiger partial charge in [0, 0.05) is 0 Å². The predicted octanol–water partition coefficient (Wildman–Crippen LogP) is 1.31. The first-order valence-corrected chi connectivity index (χ1v) is 9.24. The number of carbonyl (C=O) groups is 3. The van der Waals surface area contributed by atoms with Crippen LogP contribution in [0.5, 0.6) is 11.5 Å². The number of aliphatic hydroxyl groups is 1. The lowest BCUT2D eigenvalue weighted by Gasteiger charge is -2.25. The van der Waals surface area contributed by atoms with Gasteiger partial charge in [0.25, 0.3) is 0 Å². The van der Waals surface area contributed by atoms with Crippen LogP contribution in [0.25, 0.3) is 0 Å². The summed E-state index contributed by atoms with van der Waals surface area (Å²) in [6, 6.07) is 3.96. The monoisotopic (exact) mass is 412 g/mol. The summed E-state index contributed by atoms with van der Waals surface area (Å²) in [4.78, 5) is 35.7. The molecule has 0 aliphatic rings. The van der Waals surface area contributed by atoms with Crippen molar-refractivity contribution in [1.29, 1.82) is 0 Å². The Hall–Kier alpha value is -2.81. The van der Waals surface area contributed by atoms with Crippen LogP contribution in [-0.2, 0) is 35.0 Å². The van der Waals surface area contributed by atoms with E-state index < -0.39 is 29.9 Å². The minimum atomic E-state index is -1.42. The quantitative estimate of drug-likeness (QED) is 0.212. The summed E-state index contributed by atoms with van der Waals surface area (Å²) in [5, 5.41) is 28.1. The largest absolute Gasteiger partial charge is 0.504 e. The van der Waals surface area contributed by atoms with Gasteiger partial charge in [0.1, 0.15) is 25.2 Å². The fourth-order valence-corrected chi connectivity index (χ4v) is 2.07. The van der Waals surface area contributed by atoms with Gasteiger partial charge in [-0.25, -0.2) is 0 Å². The highest BCUT2D eigenvalue weighted by Crippen LogP contribution is 2.25. The molecule has 0 saturated carbocycles. The zero-order valence-electron chi connectivity index (χ0n) is 16.8. The van der Waals surface area contributed by atoms with Crippen LogP contribution in [0.4, 0.5) is 0 Å². The van der Waals surface area contributed by atoms with Gasteiger partial charge < -0.3 is 29.5 Å². The van der Waals surface area contributed by atoms with E-state index in [2.05, 4.69) is 0 Å². The number of phenolic OH excluding ortho intramolecular Hbond substituents is 2. The number of benzene rings is 1. The molecule has 162 valence electrons. The average Bonchev–Trinajstić information content (AvgIpc) is 2.70. The summed E-state index contributed by atoms with van der Waals surface area (Å²) < 4.78 is 15.0. The molecule has 1 aromatic carbocycles. The SMILES string of the molecule is CCC(C)C(=O)OCC(C)(CO)C(=O)OCCOC(=O)Cc1ccc(O)c(O)c1. The van der Waals surface area contributed by atoms with Crippen molar-refractivity contribution in [3.8, 4) is 11.5 Å². The summed E-state index contributed by atoms with van der Waals surface area (Å²) >= 11 is 0. The first-order chi connectivity index (χ1) is 13.6. The van der Waals surface area contributed by atoms with Crippen LogP contribution in [0.2, 0.25) is 0 Å². The summed E-state index contributed by atoms with van der Waals surface area (Å²) in [5.74, 6) is -2.81. The standard InChI is InChI=1S/C20H28O9/c1-4-13(2)18(25)29-12-20(3,11-21)19(26)28-8-7-27-17(24)10-14-5-6-15(22)16(23)9-14/h5-6,9,13,21-23H,4,7-8,10-12H2,1-3H3. The second kappa shape index (κ2) is 11.3. The molecule has 2 atom stereocenters.